The fraction of sp³-hybridized carbons (Fsp3) is 0. The second kappa shape index (κ2) is 7.05. The molecular weight excluding hydrogens is 249 g/mol. The van der Waals surface area contributed by atoms with Crippen LogP contribution in [0.5, 0.6) is 5.88 Å². The molecule has 0 aliphatic heterocycles. The standard InChI is InChI=1S/C4H5N2O6P.2Na/c7-6(8)3-1-2-5-4(3)12-13(9,10)11;;/h1-2,5H,(H2,9,10,11);;/q;2*+1/p-2. The Labute approximate surface area is 128 Å². The van der Waals surface area contributed by atoms with Gasteiger partial charge in [0.05, 0.1) is 4.92 Å². The monoisotopic (exact) mass is 252 g/mol. The van der Waals surface area contributed by atoms with E-state index < -0.39 is 24.3 Å². The van der Waals surface area contributed by atoms with Gasteiger partial charge in [0.25, 0.3) is 5.88 Å². The van der Waals surface area contributed by atoms with E-state index in [1.807, 2.05) is 0 Å². The third-order valence-electron chi connectivity index (χ3n) is 1.09. The van der Waals surface area contributed by atoms with Gasteiger partial charge in [-0.05, 0) is 0 Å². The predicted octanol–water partition coefficient (Wildman–Crippen LogP) is -6.86. The largest absolute Gasteiger partial charge is 1.00 e. The zero-order valence-electron chi connectivity index (χ0n) is 8.00. The Morgan fingerprint density at radius 2 is 1.93 bits per heavy atom. The van der Waals surface area contributed by atoms with Gasteiger partial charge in [0.15, 0.2) is 0 Å². The third-order valence-corrected chi connectivity index (χ3v) is 1.49. The topological polar surface area (TPSA) is 131 Å². The van der Waals surface area contributed by atoms with Crippen LogP contribution in [0, 0.1) is 10.1 Å². The second-order valence-electron chi connectivity index (χ2n) is 1.99. The maximum atomic E-state index is 10.2. The van der Waals surface area contributed by atoms with Crippen LogP contribution in [0.3, 0.4) is 0 Å². The first-order chi connectivity index (χ1) is 5.90. The van der Waals surface area contributed by atoms with Gasteiger partial charge in [0.1, 0.15) is 7.82 Å². The quantitative estimate of drug-likeness (QED) is 0.246. The molecule has 1 rings (SSSR count). The molecule has 8 nitrogen and oxygen atoms in total. The molecule has 1 heterocycles. The Kier molecular flexibility index (Phi) is 8.47. The normalized spacial score (nSPS) is 9.73. The predicted molar refractivity (Wildman–Crippen MR) is 35.7 cm³/mol. The van der Waals surface area contributed by atoms with Crippen molar-refractivity contribution in [1.82, 2.24) is 4.98 Å². The Morgan fingerprint density at radius 1 is 1.40 bits per heavy atom. The zero-order chi connectivity index (χ0) is 10.1. The molecule has 1 aromatic heterocycles. The van der Waals surface area contributed by atoms with Crippen molar-refractivity contribution in [2.75, 3.05) is 0 Å². The Hall–Kier alpha value is 0.630. The van der Waals surface area contributed by atoms with Crippen LogP contribution in [0.1, 0.15) is 0 Å². The molecule has 0 aromatic carbocycles. The maximum Gasteiger partial charge on any atom is 1.00 e. The van der Waals surface area contributed by atoms with Gasteiger partial charge in [-0.25, -0.2) is 0 Å². The summed E-state index contributed by atoms with van der Waals surface area (Å²) in [6.07, 6.45) is 1.09. The average Bonchev–Trinajstić information content (AvgIpc) is 2.31. The van der Waals surface area contributed by atoms with E-state index in [1.165, 1.54) is 0 Å². The molecule has 0 aliphatic rings. The molecule has 0 spiro atoms. The van der Waals surface area contributed by atoms with Gasteiger partial charge >= 0.3 is 64.8 Å². The molecular formula is C4H3N2Na2O6P. The number of rotatable bonds is 3. The number of nitrogens with zero attached hydrogens (tertiary/aromatic N) is 1. The summed E-state index contributed by atoms with van der Waals surface area (Å²) < 4.78 is 13.9. The molecule has 0 fully saturated rings. The molecule has 0 radical (unpaired) electrons. The molecule has 72 valence electrons. The van der Waals surface area contributed by atoms with Gasteiger partial charge < -0.3 is 23.9 Å². The van der Waals surface area contributed by atoms with Crippen molar-refractivity contribution < 1.29 is 82.9 Å². The summed E-state index contributed by atoms with van der Waals surface area (Å²) in [5.74, 6) is -0.682. The van der Waals surface area contributed by atoms with Gasteiger partial charge in [0.2, 0.25) is 0 Å². The van der Waals surface area contributed by atoms with E-state index in [9.17, 15) is 24.5 Å². The Morgan fingerprint density at radius 3 is 2.33 bits per heavy atom. The summed E-state index contributed by atoms with van der Waals surface area (Å²) in [7, 11) is -5.26. The molecule has 0 unspecified atom stereocenters. The van der Waals surface area contributed by atoms with E-state index >= 15 is 0 Å². The number of nitrogens with one attached hydrogen (secondary N) is 1. The second-order valence-corrected chi connectivity index (χ2v) is 3.06. The number of nitro groups is 1. The third kappa shape index (κ3) is 6.06. The van der Waals surface area contributed by atoms with Gasteiger partial charge in [-0.1, -0.05) is 0 Å². The van der Waals surface area contributed by atoms with Crippen LogP contribution in [0.25, 0.3) is 0 Å². The van der Waals surface area contributed by atoms with E-state index in [1.54, 1.807) is 0 Å². The summed E-state index contributed by atoms with van der Waals surface area (Å²) in [5.41, 5.74) is -0.605. The van der Waals surface area contributed by atoms with Crippen molar-refractivity contribution in [3.8, 4) is 5.88 Å². The summed E-state index contributed by atoms with van der Waals surface area (Å²) in [4.78, 5) is 31.6. The molecule has 0 atom stereocenters. The van der Waals surface area contributed by atoms with Crippen LogP contribution in [0.4, 0.5) is 5.69 Å². The number of hydrogen-bond acceptors (Lipinski definition) is 6. The molecule has 0 saturated carbocycles. The first kappa shape index (κ1) is 18.0. The van der Waals surface area contributed by atoms with Gasteiger partial charge in [-0.3, -0.25) is 10.1 Å². The van der Waals surface area contributed by atoms with Crippen molar-refractivity contribution in [3.63, 3.8) is 0 Å². The number of hydrogen-bond donors (Lipinski definition) is 1. The summed E-state index contributed by atoms with van der Waals surface area (Å²) in [5, 5.41) is 10.2. The fourth-order valence-electron chi connectivity index (χ4n) is 0.675. The van der Waals surface area contributed by atoms with E-state index in [0.717, 1.165) is 12.3 Å². The van der Waals surface area contributed by atoms with Crippen LogP contribution < -0.4 is 73.4 Å². The number of aromatic amines is 1. The fourth-order valence-corrected chi connectivity index (χ4v) is 1.04. The van der Waals surface area contributed by atoms with Crippen LogP contribution in [0.2, 0.25) is 0 Å². The molecule has 11 heteroatoms. The van der Waals surface area contributed by atoms with Crippen LogP contribution in [0.15, 0.2) is 12.3 Å². The molecule has 0 amide bonds. The minimum absolute atomic E-state index is 0. The van der Waals surface area contributed by atoms with E-state index in [2.05, 4.69) is 9.51 Å². The maximum absolute atomic E-state index is 10.2. The Bertz CT molecular complexity index is 375. The number of H-pyrrole nitrogens is 1. The average molecular weight is 252 g/mol. The molecule has 1 aromatic rings. The molecule has 15 heavy (non-hydrogen) atoms. The van der Waals surface area contributed by atoms with Crippen LogP contribution in [-0.2, 0) is 4.57 Å². The van der Waals surface area contributed by atoms with Crippen molar-refractivity contribution in [3.05, 3.63) is 22.4 Å². The summed E-state index contributed by atoms with van der Waals surface area (Å²) in [6.45, 7) is 0. The number of aromatic nitrogens is 1. The first-order valence-electron chi connectivity index (χ1n) is 2.93. The van der Waals surface area contributed by atoms with Crippen molar-refractivity contribution in [2.45, 2.75) is 0 Å². The summed E-state index contributed by atoms with van der Waals surface area (Å²) in [6, 6.07) is 0.977. The van der Waals surface area contributed by atoms with Gasteiger partial charge in [-0.15, -0.1) is 0 Å². The van der Waals surface area contributed by atoms with E-state index in [0.29, 0.717) is 0 Å². The minimum Gasteiger partial charge on any atom is -0.780 e. The zero-order valence-corrected chi connectivity index (χ0v) is 12.9. The Balaban J connectivity index is 0. The number of phosphoric ester groups is 1. The first-order valence-corrected chi connectivity index (χ1v) is 4.39. The van der Waals surface area contributed by atoms with E-state index in [4.69, 9.17) is 0 Å². The SMILES string of the molecule is O=[N+]([O-])c1cc[nH]c1OP(=O)([O-])[O-].[Na+].[Na+]. The molecule has 0 saturated heterocycles. The van der Waals surface area contributed by atoms with Crippen molar-refractivity contribution in [1.29, 1.82) is 0 Å². The number of phosphoric acid groups is 1. The smallest absolute Gasteiger partial charge is 0.780 e. The molecule has 0 aliphatic carbocycles. The van der Waals surface area contributed by atoms with Gasteiger partial charge in [-0.2, -0.15) is 0 Å². The summed E-state index contributed by atoms with van der Waals surface area (Å²) >= 11 is 0. The van der Waals surface area contributed by atoms with Crippen molar-refractivity contribution in [2.24, 2.45) is 0 Å². The van der Waals surface area contributed by atoms with Gasteiger partial charge in [0, 0.05) is 12.3 Å². The molecule has 1 N–H and O–H groups in total. The van der Waals surface area contributed by atoms with E-state index in [-0.39, 0.29) is 59.1 Å². The van der Waals surface area contributed by atoms with Crippen molar-refractivity contribution >= 4 is 13.5 Å². The van der Waals surface area contributed by atoms with Crippen LogP contribution >= 0.6 is 7.82 Å². The minimum atomic E-state index is -5.26. The van der Waals surface area contributed by atoms with Crippen LogP contribution in [-0.4, -0.2) is 9.91 Å². The molecule has 0 bridgehead atoms.